The SMILES string of the molecule is CCOc1ccc(C=C(C#N)C(=O)Nc2cc(C)c(Cl)cc2OC)cc1OC. The Kier molecular flexibility index (Phi) is 7.30. The number of halogens is 1. The summed E-state index contributed by atoms with van der Waals surface area (Å²) < 4.78 is 16.0. The summed E-state index contributed by atoms with van der Waals surface area (Å²) in [5.41, 5.74) is 1.77. The van der Waals surface area contributed by atoms with Crippen molar-refractivity contribution in [1.82, 2.24) is 0 Å². The smallest absolute Gasteiger partial charge is 0.266 e. The van der Waals surface area contributed by atoms with E-state index in [0.717, 1.165) is 5.56 Å². The van der Waals surface area contributed by atoms with E-state index in [1.165, 1.54) is 20.3 Å². The van der Waals surface area contributed by atoms with Gasteiger partial charge in [0.15, 0.2) is 11.5 Å². The van der Waals surface area contributed by atoms with Gasteiger partial charge in [0.05, 0.1) is 26.5 Å². The number of hydrogen-bond acceptors (Lipinski definition) is 5. The topological polar surface area (TPSA) is 80.6 Å². The molecule has 0 spiro atoms. The summed E-state index contributed by atoms with van der Waals surface area (Å²) in [4.78, 5) is 12.6. The zero-order chi connectivity index (χ0) is 20.7. The second kappa shape index (κ2) is 9.67. The first kappa shape index (κ1) is 21.1. The van der Waals surface area contributed by atoms with Crippen molar-refractivity contribution in [3.05, 3.63) is 52.1 Å². The molecule has 0 bridgehead atoms. The molecule has 0 saturated heterocycles. The molecule has 2 rings (SSSR count). The summed E-state index contributed by atoms with van der Waals surface area (Å²) in [7, 11) is 3.00. The van der Waals surface area contributed by atoms with E-state index in [-0.39, 0.29) is 5.57 Å². The Balaban J connectivity index is 2.32. The molecule has 0 heterocycles. The highest BCUT2D eigenvalue weighted by Gasteiger charge is 2.15. The Morgan fingerprint density at radius 3 is 2.50 bits per heavy atom. The molecule has 146 valence electrons. The van der Waals surface area contributed by atoms with Crippen LogP contribution in [0.25, 0.3) is 6.08 Å². The van der Waals surface area contributed by atoms with Gasteiger partial charge >= 0.3 is 0 Å². The maximum Gasteiger partial charge on any atom is 0.266 e. The molecule has 0 atom stereocenters. The van der Waals surface area contributed by atoms with Crippen LogP contribution < -0.4 is 19.5 Å². The maximum absolute atomic E-state index is 12.6. The number of benzene rings is 2. The molecular weight excluding hydrogens is 380 g/mol. The lowest BCUT2D eigenvalue weighted by Crippen LogP contribution is -2.14. The van der Waals surface area contributed by atoms with Gasteiger partial charge in [0, 0.05) is 11.1 Å². The molecule has 6 nitrogen and oxygen atoms in total. The minimum Gasteiger partial charge on any atom is -0.495 e. The standard InChI is InChI=1S/C21H21ClN2O4/c1-5-28-18-7-6-14(10-20(18)27-4)9-15(12-23)21(25)24-17-8-13(2)16(22)11-19(17)26-3/h6-11H,5H2,1-4H3,(H,24,25). The molecule has 2 aromatic carbocycles. The van der Waals surface area contributed by atoms with Crippen LogP contribution in [0.5, 0.6) is 17.2 Å². The van der Waals surface area contributed by atoms with Crippen molar-refractivity contribution < 1.29 is 19.0 Å². The highest BCUT2D eigenvalue weighted by molar-refractivity contribution is 6.31. The Morgan fingerprint density at radius 2 is 1.89 bits per heavy atom. The third kappa shape index (κ3) is 4.96. The molecule has 1 amide bonds. The molecule has 0 aromatic heterocycles. The summed E-state index contributed by atoms with van der Waals surface area (Å²) in [6.45, 7) is 4.18. The number of amides is 1. The number of hydrogen-bond donors (Lipinski definition) is 1. The van der Waals surface area contributed by atoms with Gasteiger partial charge in [-0.1, -0.05) is 17.7 Å². The average molecular weight is 401 g/mol. The molecule has 0 unspecified atom stereocenters. The van der Waals surface area contributed by atoms with Gasteiger partial charge in [0.2, 0.25) is 0 Å². The fourth-order valence-electron chi connectivity index (χ4n) is 2.48. The van der Waals surface area contributed by atoms with Gasteiger partial charge in [-0.25, -0.2) is 0 Å². The number of nitrogens with one attached hydrogen (secondary N) is 1. The van der Waals surface area contributed by atoms with Crippen molar-refractivity contribution in [3.63, 3.8) is 0 Å². The van der Waals surface area contributed by atoms with Crippen molar-refractivity contribution in [2.24, 2.45) is 0 Å². The van der Waals surface area contributed by atoms with E-state index in [4.69, 9.17) is 25.8 Å². The summed E-state index contributed by atoms with van der Waals surface area (Å²) in [5, 5.41) is 12.7. The monoisotopic (exact) mass is 400 g/mol. The number of nitrogens with zero attached hydrogens (tertiary/aromatic N) is 1. The number of ether oxygens (including phenoxy) is 3. The van der Waals surface area contributed by atoms with Gasteiger partial charge < -0.3 is 19.5 Å². The molecule has 0 radical (unpaired) electrons. The largest absolute Gasteiger partial charge is 0.495 e. The first-order valence-electron chi connectivity index (χ1n) is 8.51. The fourth-order valence-corrected chi connectivity index (χ4v) is 2.64. The normalized spacial score (nSPS) is 10.8. The second-order valence-electron chi connectivity index (χ2n) is 5.77. The van der Waals surface area contributed by atoms with Crippen LogP contribution in [-0.2, 0) is 4.79 Å². The van der Waals surface area contributed by atoms with E-state index < -0.39 is 5.91 Å². The first-order valence-corrected chi connectivity index (χ1v) is 8.89. The number of carbonyl (C=O) groups excluding carboxylic acids is 1. The predicted octanol–water partition coefficient (Wildman–Crippen LogP) is 4.61. The van der Waals surface area contributed by atoms with E-state index in [9.17, 15) is 10.1 Å². The van der Waals surface area contributed by atoms with E-state index >= 15 is 0 Å². The highest BCUT2D eigenvalue weighted by Crippen LogP contribution is 2.32. The number of methoxy groups -OCH3 is 2. The molecule has 0 saturated carbocycles. The number of anilines is 1. The molecule has 28 heavy (non-hydrogen) atoms. The zero-order valence-corrected chi connectivity index (χ0v) is 16.9. The number of aryl methyl sites for hydroxylation is 1. The summed E-state index contributed by atoms with van der Waals surface area (Å²) >= 11 is 6.08. The molecular formula is C21H21ClN2O4. The van der Waals surface area contributed by atoms with Crippen LogP contribution in [0.2, 0.25) is 5.02 Å². The van der Waals surface area contributed by atoms with Crippen LogP contribution in [0.15, 0.2) is 35.9 Å². The van der Waals surface area contributed by atoms with Gasteiger partial charge in [0.25, 0.3) is 5.91 Å². The molecule has 0 aliphatic rings. The molecule has 1 N–H and O–H groups in total. The van der Waals surface area contributed by atoms with Crippen molar-refractivity contribution in [2.75, 3.05) is 26.1 Å². The quantitative estimate of drug-likeness (QED) is 0.542. The van der Waals surface area contributed by atoms with E-state index in [1.807, 2.05) is 19.9 Å². The van der Waals surface area contributed by atoms with Crippen molar-refractivity contribution in [1.29, 1.82) is 5.26 Å². The van der Waals surface area contributed by atoms with Crippen molar-refractivity contribution in [2.45, 2.75) is 13.8 Å². The number of nitriles is 1. The number of rotatable bonds is 7. The van der Waals surface area contributed by atoms with Crippen LogP contribution in [0.1, 0.15) is 18.1 Å². The molecule has 7 heteroatoms. The van der Waals surface area contributed by atoms with Crippen LogP contribution in [0.3, 0.4) is 0 Å². The van der Waals surface area contributed by atoms with Gasteiger partial charge in [-0.2, -0.15) is 5.26 Å². The van der Waals surface area contributed by atoms with Crippen molar-refractivity contribution in [3.8, 4) is 23.3 Å². The molecule has 0 aliphatic heterocycles. The minimum atomic E-state index is -0.560. The van der Waals surface area contributed by atoms with Crippen molar-refractivity contribution >= 4 is 29.3 Å². The first-order chi connectivity index (χ1) is 13.4. The van der Waals surface area contributed by atoms with Gasteiger partial charge in [-0.15, -0.1) is 0 Å². The highest BCUT2D eigenvalue weighted by atomic mass is 35.5. The Bertz CT molecular complexity index is 948. The maximum atomic E-state index is 12.6. The Labute approximate surface area is 169 Å². The van der Waals surface area contributed by atoms with Crippen LogP contribution in [0, 0.1) is 18.3 Å². The van der Waals surface area contributed by atoms with Gasteiger partial charge in [-0.3, -0.25) is 4.79 Å². The number of carbonyl (C=O) groups is 1. The van der Waals surface area contributed by atoms with E-state index in [1.54, 1.807) is 30.3 Å². The Morgan fingerprint density at radius 1 is 1.18 bits per heavy atom. The lowest BCUT2D eigenvalue weighted by molar-refractivity contribution is -0.112. The fraction of sp³-hybridized carbons (Fsp3) is 0.238. The molecule has 2 aromatic rings. The van der Waals surface area contributed by atoms with Crippen LogP contribution in [0.4, 0.5) is 5.69 Å². The third-order valence-electron chi connectivity index (χ3n) is 3.89. The average Bonchev–Trinajstić information content (AvgIpc) is 2.69. The molecule has 0 fully saturated rings. The van der Waals surface area contributed by atoms with Crippen LogP contribution in [-0.4, -0.2) is 26.7 Å². The minimum absolute atomic E-state index is 0.0686. The van der Waals surface area contributed by atoms with Gasteiger partial charge in [0.1, 0.15) is 17.4 Å². The van der Waals surface area contributed by atoms with Crippen LogP contribution >= 0.6 is 11.6 Å². The zero-order valence-electron chi connectivity index (χ0n) is 16.1. The van der Waals surface area contributed by atoms with Gasteiger partial charge in [-0.05, 0) is 49.2 Å². The summed E-state index contributed by atoms with van der Waals surface area (Å²) in [6, 6.07) is 10.4. The predicted molar refractivity (Wildman–Crippen MR) is 109 cm³/mol. The lowest BCUT2D eigenvalue weighted by atomic mass is 10.1. The van der Waals surface area contributed by atoms with E-state index in [0.29, 0.717) is 40.1 Å². The second-order valence-corrected chi connectivity index (χ2v) is 6.18. The summed E-state index contributed by atoms with van der Waals surface area (Å²) in [6.07, 6.45) is 1.48. The third-order valence-corrected chi connectivity index (χ3v) is 4.30. The summed E-state index contributed by atoms with van der Waals surface area (Å²) in [5.74, 6) is 0.953. The van der Waals surface area contributed by atoms with E-state index in [2.05, 4.69) is 5.32 Å². The lowest BCUT2D eigenvalue weighted by Gasteiger charge is -2.12. The Hall–Kier alpha value is -3.17. The molecule has 0 aliphatic carbocycles.